The monoisotopic (exact) mass is 314 g/mol. The fraction of sp³-hybridized carbons (Fsp3) is 0.412. The van der Waals surface area contributed by atoms with Crippen molar-refractivity contribution in [3.05, 3.63) is 33.4 Å². The molecule has 1 N–H and O–H groups in total. The normalized spacial score (nSPS) is 20.9. The van der Waals surface area contributed by atoms with E-state index in [4.69, 9.17) is 0 Å². The summed E-state index contributed by atoms with van der Waals surface area (Å²) >= 11 is 0. The average molecular weight is 314 g/mol. The van der Waals surface area contributed by atoms with E-state index >= 15 is 0 Å². The molecule has 0 bridgehead atoms. The van der Waals surface area contributed by atoms with E-state index in [1.807, 2.05) is 27.7 Å². The number of rotatable bonds is 1. The highest BCUT2D eigenvalue weighted by atomic mass is 16.2. The van der Waals surface area contributed by atoms with Crippen LogP contribution in [0.2, 0.25) is 0 Å². The molecule has 0 radical (unpaired) electrons. The second-order valence-corrected chi connectivity index (χ2v) is 6.20. The van der Waals surface area contributed by atoms with Gasteiger partial charge in [0.15, 0.2) is 0 Å². The van der Waals surface area contributed by atoms with E-state index in [1.54, 1.807) is 0 Å². The van der Waals surface area contributed by atoms with E-state index in [2.05, 4.69) is 5.32 Å². The predicted octanol–water partition coefficient (Wildman–Crippen LogP) is 1.32. The molecule has 23 heavy (non-hydrogen) atoms. The Morgan fingerprint density at radius 2 is 1.30 bits per heavy atom. The molecule has 0 aromatic heterocycles. The Balaban J connectivity index is 2.12. The van der Waals surface area contributed by atoms with E-state index in [1.165, 1.54) is 0 Å². The van der Waals surface area contributed by atoms with Crippen molar-refractivity contribution in [3.63, 3.8) is 0 Å². The first-order valence-corrected chi connectivity index (χ1v) is 7.57. The smallest absolute Gasteiger partial charge is 0.262 e. The van der Waals surface area contributed by atoms with E-state index in [-0.39, 0.29) is 18.7 Å². The van der Waals surface area contributed by atoms with Crippen molar-refractivity contribution >= 4 is 23.6 Å². The van der Waals surface area contributed by atoms with Crippen LogP contribution in [0.4, 0.5) is 0 Å². The molecule has 1 unspecified atom stereocenters. The molecule has 2 heterocycles. The molecular formula is C17H18N2O4. The molecule has 3 rings (SSSR count). The molecule has 1 aromatic carbocycles. The number of imide groups is 2. The minimum atomic E-state index is -0.917. The van der Waals surface area contributed by atoms with Gasteiger partial charge in [0.25, 0.3) is 11.8 Å². The molecule has 4 amide bonds. The van der Waals surface area contributed by atoms with Crippen LogP contribution in [0.1, 0.15) is 55.8 Å². The lowest BCUT2D eigenvalue weighted by atomic mass is 9.90. The fourth-order valence-electron chi connectivity index (χ4n) is 3.39. The molecule has 1 aromatic rings. The van der Waals surface area contributed by atoms with Gasteiger partial charge in [-0.1, -0.05) is 0 Å². The van der Waals surface area contributed by atoms with Gasteiger partial charge >= 0.3 is 0 Å². The van der Waals surface area contributed by atoms with Crippen LogP contribution in [0.15, 0.2) is 0 Å². The van der Waals surface area contributed by atoms with Gasteiger partial charge in [-0.2, -0.15) is 0 Å². The molecule has 120 valence electrons. The molecule has 2 aliphatic heterocycles. The zero-order chi connectivity index (χ0) is 17.0. The number of benzene rings is 1. The van der Waals surface area contributed by atoms with Crippen LogP contribution in [0.25, 0.3) is 0 Å². The van der Waals surface area contributed by atoms with Crippen molar-refractivity contribution in [2.75, 3.05) is 0 Å². The number of hydrogen-bond acceptors (Lipinski definition) is 4. The number of nitrogens with one attached hydrogen (secondary N) is 1. The summed E-state index contributed by atoms with van der Waals surface area (Å²) in [5.41, 5.74) is 4.29. The van der Waals surface area contributed by atoms with Gasteiger partial charge in [0.2, 0.25) is 11.8 Å². The van der Waals surface area contributed by atoms with Crippen LogP contribution >= 0.6 is 0 Å². The summed E-state index contributed by atoms with van der Waals surface area (Å²) in [6.07, 6.45) is 0.298. The van der Waals surface area contributed by atoms with Gasteiger partial charge in [-0.05, 0) is 56.4 Å². The Bertz CT molecular complexity index is 748. The summed E-state index contributed by atoms with van der Waals surface area (Å²) in [7, 11) is 0. The number of hydrogen-bond donors (Lipinski definition) is 1. The van der Waals surface area contributed by atoms with Crippen LogP contribution in [0.3, 0.4) is 0 Å². The number of carbonyl (C=O) groups is 4. The maximum atomic E-state index is 12.8. The fourth-order valence-corrected chi connectivity index (χ4v) is 3.39. The van der Waals surface area contributed by atoms with Crippen molar-refractivity contribution in [1.82, 2.24) is 10.2 Å². The van der Waals surface area contributed by atoms with Crippen molar-refractivity contribution in [2.45, 2.75) is 46.6 Å². The van der Waals surface area contributed by atoms with E-state index in [0.717, 1.165) is 27.2 Å². The largest absolute Gasteiger partial charge is 0.295 e. The Morgan fingerprint density at radius 3 is 1.74 bits per heavy atom. The molecule has 1 fully saturated rings. The van der Waals surface area contributed by atoms with Crippen LogP contribution < -0.4 is 5.32 Å². The lowest BCUT2D eigenvalue weighted by Crippen LogP contribution is -2.54. The lowest BCUT2D eigenvalue weighted by molar-refractivity contribution is -0.136. The summed E-state index contributed by atoms with van der Waals surface area (Å²) < 4.78 is 0. The van der Waals surface area contributed by atoms with Gasteiger partial charge < -0.3 is 0 Å². The maximum absolute atomic E-state index is 12.8. The van der Waals surface area contributed by atoms with Crippen molar-refractivity contribution < 1.29 is 19.2 Å². The van der Waals surface area contributed by atoms with Gasteiger partial charge in [0.05, 0.1) is 11.1 Å². The van der Waals surface area contributed by atoms with Crippen molar-refractivity contribution in [3.8, 4) is 0 Å². The molecule has 2 aliphatic rings. The number of piperidine rings is 1. The van der Waals surface area contributed by atoms with Gasteiger partial charge in [-0.25, -0.2) is 0 Å². The summed E-state index contributed by atoms with van der Waals surface area (Å²) in [6.45, 7) is 7.48. The van der Waals surface area contributed by atoms with Crippen LogP contribution in [0, 0.1) is 27.7 Å². The third-order valence-electron chi connectivity index (χ3n) is 5.07. The Kier molecular flexibility index (Phi) is 3.35. The molecule has 0 spiro atoms. The summed E-state index contributed by atoms with van der Waals surface area (Å²) in [6, 6.07) is -0.917. The second-order valence-electron chi connectivity index (χ2n) is 6.20. The number of amides is 4. The molecule has 0 aliphatic carbocycles. The predicted molar refractivity (Wildman–Crippen MR) is 82.1 cm³/mol. The minimum absolute atomic E-state index is 0.125. The minimum Gasteiger partial charge on any atom is -0.295 e. The van der Waals surface area contributed by atoms with Crippen molar-refractivity contribution in [1.29, 1.82) is 0 Å². The third kappa shape index (κ3) is 2.01. The Hall–Kier alpha value is -2.50. The number of fused-ring (bicyclic) bond motifs is 1. The first-order chi connectivity index (χ1) is 10.8. The maximum Gasteiger partial charge on any atom is 0.262 e. The molecule has 6 heteroatoms. The number of carbonyl (C=O) groups excluding carboxylic acids is 4. The molecule has 1 saturated heterocycles. The van der Waals surface area contributed by atoms with Crippen molar-refractivity contribution in [2.24, 2.45) is 0 Å². The standard InChI is InChI=1S/C17H18N2O4/c1-7-8(2)10(4)14-13(9(7)3)16(22)19(17(14)23)11-5-6-12(20)18-15(11)21/h11H,5-6H2,1-4H3,(H,18,20,21). The van der Waals surface area contributed by atoms with Gasteiger partial charge in [-0.15, -0.1) is 0 Å². The summed E-state index contributed by atoms with van der Waals surface area (Å²) in [5.74, 6) is -1.84. The van der Waals surface area contributed by atoms with E-state index in [0.29, 0.717) is 11.1 Å². The zero-order valence-electron chi connectivity index (χ0n) is 13.6. The highest BCUT2D eigenvalue weighted by Crippen LogP contribution is 2.35. The first kappa shape index (κ1) is 15.4. The van der Waals surface area contributed by atoms with Crippen LogP contribution in [-0.4, -0.2) is 34.6 Å². The number of nitrogens with zero attached hydrogens (tertiary/aromatic N) is 1. The second kappa shape index (κ2) is 5.01. The first-order valence-electron chi connectivity index (χ1n) is 7.57. The van der Waals surface area contributed by atoms with E-state index < -0.39 is 23.8 Å². The topological polar surface area (TPSA) is 83.6 Å². The zero-order valence-corrected chi connectivity index (χ0v) is 13.6. The quantitative estimate of drug-likeness (QED) is 0.793. The van der Waals surface area contributed by atoms with Gasteiger partial charge in [0.1, 0.15) is 6.04 Å². The highest BCUT2D eigenvalue weighted by Gasteiger charge is 2.46. The van der Waals surface area contributed by atoms with Crippen LogP contribution in [-0.2, 0) is 9.59 Å². The summed E-state index contributed by atoms with van der Waals surface area (Å²) in [5, 5.41) is 2.20. The molecule has 6 nitrogen and oxygen atoms in total. The third-order valence-corrected chi connectivity index (χ3v) is 5.07. The Labute approximate surface area is 133 Å². The molecule has 1 atom stereocenters. The van der Waals surface area contributed by atoms with E-state index in [9.17, 15) is 19.2 Å². The van der Waals surface area contributed by atoms with Gasteiger partial charge in [0, 0.05) is 6.42 Å². The SMILES string of the molecule is Cc1c(C)c(C)c2c(c1C)C(=O)N(C1CCC(=O)NC1=O)C2=O. The summed E-state index contributed by atoms with van der Waals surface area (Å²) in [4.78, 5) is 50.0. The van der Waals surface area contributed by atoms with Crippen LogP contribution in [0.5, 0.6) is 0 Å². The molecular weight excluding hydrogens is 296 g/mol. The Morgan fingerprint density at radius 1 is 0.826 bits per heavy atom. The lowest BCUT2D eigenvalue weighted by Gasteiger charge is -2.27. The molecule has 0 saturated carbocycles. The van der Waals surface area contributed by atoms with Gasteiger partial charge in [-0.3, -0.25) is 29.4 Å². The highest BCUT2D eigenvalue weighted by molar-refractivity contribution is 6.24. The average Bonchev–Trinajstić information content (AvgIpc) is 2.75.